The SMILES string of the molecule is NNc1cc(NC2CCS(=O)CC2)ncn1. The summed E-state index contributed by atoms with van der Waals surface area (Å²) in [6, 6.07) is 2.10. The minimum absolute atomic E-state index is 0.346. The Morgan fingerprint density at radius 2 is 2.00 bits per heavy atom. The lowest BCUT2D eigenvalue weighted by molar-refractivity contribution is 0.622. The zero-order chi connectivity index (χ0) is 11.4. The molecule has 0 spiro atoms. The first-order valence-corrected chi connectivity index (χ1v) is 6.67. The lowest BCUT2D eigenvalue weighted by atomic mass is 10.1. The number of rotatable bonds is 3. The Hall–Kier alpha value is -1.21. The van der Waals surface area contributed by atoms with Gasteiger partial charge in [0, 0.05) is 34.4 Å². The summed E-state index contributed by atoms with van der Waals surface area (Å²) in [5.74, 6) is 8.13. The van der Waals surface area contributed by atoms with Crippen LogP contribution in [0, 0.1) is 0 Å². The van der Waals surface area contributed by atoms with Crippen molar-refractivity contribution in [3.63, 3.8) is 0 Å². The summed E-state index contributed by atoms with van der Waals surface area (Å²) < 4.78 is 11.2. The minimum Gasteiger partial charge on any atom is -0.367 e. The van der Waals surface area contributed by atoms with Crippen molar-refractivity contribution >= 4 is 22.4 Å². The van der Waals surface area contributed by atoms with E-state index in [-0.39, 0.29) is 0 Å². The molecule has 0 amide bonds. The zero-order valence-electron chi connectivity index (χ0n) is 8.85. The number of aromatic nitrogens is 2. The van der Waals surface area contributed by atoms with E-state index >= 15 is 0 Å². The van der Waals surface area contributed by atoms with E-state index in [0.717, 1.165) is 30.2 Å². The molecule has 0 aromatic carbocycles. The number of nitrogen functional groups attached to an aromatic ring is 1. The molecule has 7 heteroatoms. The van der Waals surface area contributed by atoms with Gasteiger partial charge in [0.15, 0.2) is 0 Å². The van der Waals surface area contributed by atoms with Crippen molar-refractivity contribution in [2.24, 2.45) is 5.84 Å². The van der Waals surface area contributed by atoms with E-state index in [9.17, 15) is 4.21 Å². The Balaban J connectivity index is 1.95. The summed E-state index contributed by atoms with van der Waals surface area (Å²) in [4.78, 5) is 8.03. The molecule has 6 nitrogen and oxygen atoms in total. The average Bonchev–Trinajstić information content (AvgIpc) is 2.32. The van der Waals surface area contributed by atoms with E-state index in [1.807, 2.05) is 0 Å². The van der Waals surface area contributed by atoms with Crippen molar-refractivity contribution in [3.8, 4) is 0 Å². The zero-order valence-corrected chi connectivity index (χ0v) is 9.67. The summed E-state index contributed by atoms with van der Waals surface area (Å²) in [7, 11) is -0.630. The molecular formula is C9H15N5OS. The van der Waals surface area contributed by atoms with Gasteiger partial charge in [0.25, 0.3) is 0 Å². The maximum Gasteiger partial charge on any atom is 0.145 e. The highest BCUT2D eigenvalue weighted by atomic mass is 32.2. The predicted molar refractivity (Wildman–Crippen MR) is 64.4 cm³/mol. The van der Waals surface area contributed by atoms with Crippen molar-refractivity contribution in [3.05, 3.63) is 12.4 Å². The smallest absolute Gasteiger partial charge is 0.145 e. The van der Waals surface area contributed by atoms with E-state index in [0.29, 0.717) is 11.9 Å². The molecule has 1 aromatic rings. The van der Waals surface area contributed by atoms with Gasteiger partial charge in [0.05, 0.1) is 0 Å². The summed E-state index contributed by atoms with van der Waals surface area (Å²) in [6.07, 6.45) is 3.29. The third kappa shape index (κ3) is 2.89. The van der Waals surface area contributed by atoms with E-state index in [1.165, 1.54) is 6.33 Å². The molecule has 0 unspecified atom stereocenters. The van der Waals surface area contributed by atoms with Crippen molar-refractivity contribution in [2.45, 2.75) is 18.9 Å². The van der Waals surface area contributed by atoms with Crippen LogP contribution in [0.15, 0.2) is 12.4 Å². The van der Waals surface area contributed by atoms with Gasteiger partial charge in [0.1, 0.15) is 18.0 Å². The van der Waals surface area contributed by atoms with Crippen LogP contribution in [0.5, 0.6) is 0 Å². The Bertz CT molecular complexity index is 376. The molecule has 2 heterocycles. The highest BCUT2D eigenvalue weighted by Gasteiger charge is 2.17. The average molecular weight is 241 g/mol. The third-order valence-electron chi connectivity index (χ3n) is 2.55. The Morgan fingerprint density at radius 1 is 1.31 bits per heavy atom. The molecule has 2 rings (SSSR count). The highest BCUT2D eigenvalue weighted by Crippen LogP contribution is 2.15. The molecule has 16 heavy (non-hydrogen) atoms. The number of nitrogens with two attached hydrogens (primary N) is 1. The standard InChI is InChI=1S/C9H15N5OS/c10-14-9-5-8(11-6-12-9)13-7-1-3-16(15)4-2-7/h5-7H,1-4,10H2,(H2,11,12,13,14). The van der Waals surface area contributed by atoms with Gasteiger partial charge >= 0.3 is 0 Å². The molecule has 1 aliphatic heterocycles. The van der Waals surface area contributed by atoms with Gasteiger partial charge < -0.3 is 10.7 Å². The molecule has 0 saturated carbocycles. The summed E-state index contributed by atoms with van der Waals surface area (Å²) >= 11 is 0. The summed E-state index contributed by atoms with van der Waals surface area (Å²) in [5.41, 5.74) is 2.47. The van der Waals surface area contributed by atoms with E-state index in [1.54, 1.807) is 6.07 Å². The maximum atomic E-state index is 11.2. The lowest BCUT2D eigenvalue weighted by Gasteiger charge is -2.22. The molecule has 1 saturated heterocycles. The number of anilines is 2. The molecule has 1 fully saturated rings. The van der Waals surface area contributed by atoms with Crippen LogP contribution in [0.3, 0.4) is 0 Å². The molecule has 1 aromatic heterocycles. The highest BCUT2D eigenvalue weighted by molar-refractivity contribution is 7.85. The van der Waals surface area contributed by atoms with Crippen LogP contribution in [-0.4, -0.2) is 31.7 Å². The Morgan fingerprint density at radius 3 is 2.69 bits per heavy atom. The van der Waals surface area contributed by atoms with Crippen molar-refractivity contribution in [1.82, 2.24) is 9.97 Å². The van der Waals surface area contributed by atoms with Gasteiger partial charge in [-0.3, -0.25) is 4.21 Å². The van der Waals surface area contributed by atoms with Gasteiger partial charge in [0.2, 0.25) is 0 Å². The van der Waals surface area contributed by atoms with Crippen molar-refractivity contribution in [2.75, 3.05) is 22.2 Å². The second kappa shape index (κ2) is 5.22. The van der Waals surface area contributed by atoms with E-state index < -0.39 is 10.8 Å². The van der Waals surface area contributed by atoms with Gasteiger partial charge in [-0.05, 0) is 12.8 Å². The predicted octanol–water partition coefficient (Wildman–Crippen LogP) is 0.0852. The fourth-order valence-corrected chi connectivity index (χ4v) is 2.96. The molecule has 1 aliphatic rings. The minimum atomic E-state index is -0.630. The van der Waals surface area contributed by atoms with E-state index in [4.69, 9.17) is 5.84 Å². The number of nitrogens with zero attached hydrogens (tertiary/aromatic N) is 2. The molecular weight excluding hydrogens is 226 g/mol. The summed E-state index contributed by atoms with van der Waals surface area (Å²) in [6.45, 7) is 0. The van der Waals surface area contributed by atoms with Gasteiger partial charge in [-0.1, -0.05) is 0 Å². The van der Waals surface area contributed by atoms with Crippen LogP contribution in [-0.2, 0) is 10.8 Å². The number of hydrogen-bond acceptors (Lipinski definition) is 6. The molecule has 0 bridgehead atoms. The monoisotopic (exact) mass is 241 g/mol. The lowest BCUT2D eigenvalue weighted by Crippen LogP contribution is -2.29. The van der Waals surface area contributed by atoms with Crippen LogP contribution >= 0.6 is 0 Å². The molecule has 0 aliphatic carbocycles. The van der Waals surface area contributed by atoms with Gasteiger partial charge in [-0.15, -0.1) is 0 Å². The normalized spacial score (nSPS) is 25.1. The van der Waals surface area contributed by atoms with Crippen LogP contribution < -0.4 is 16.6 Å². The second-order valence-corrected chi connectivity index (χ2v) is 5.40. The van der Waals surface area contributed by atoms with E-state index in [2.05, 4.69) is 20.7 Å². The third-order valence-corrected chi connectivity index (χ3v) is 3.94. The largest absolute Gasteiger partial charge is 0.367 e. The Labute approximate surface area is 96.5 Å². The Kier molecular flexibility index (Phi) is 3.68. The second-order valence-electron chi connectivity index (χ2n) is 3.70. The maximum absolute atomic E-state index is 11.2. The fourth-order valence-electron chi connectivity index (χ4n) is 1.66. The molecule has 88 valence electrons. The quantitative estimate of drug-likeness (QED) is 0.513. The molecule has 0 radical (unpaired) electrons. The van der Waals surface area contributed by atoms with Crippen LogP contribution in [0.2, 0.25) is 0 Å². The van der Waals surface area contributed by atoms with Crippen molar-refractivity contribution < 1.29 is 4.21 Å². The number of nitrogens with one attached hydrogen (secondary N) is 2. The first-order chi connectivity index (χ1) is 7.78. The molecule has 0 atom stereocenters. The van der Waals surface area contributed by atoms with Crippen LogP contribution in [0.25, 0.3) is 0 Å². The van der Waals surface area contributed by atoms with Crippen LogP contribution in [0.1, 0.15) is 12.8 Å². The van der Waals surface area contributed by atoms with Gasteiger partial charge in [-0.2, -0.15) is 0 Å². The summed E-state index contributed by atoms with van der Waals surface area (Å²) in [5, 5.41) is 3.30. The van der Waals surface area contributed by atoms with Crippen molar-refractivity contribution in [1.29, 1.82) is 0 Å². The number of hydrazine groups is 1. The van der Waals surface area contributed by atoms with Crippen LogP contribution in [0.4, 0.5) is 11.6 Å². The molecule has 4 N–H and O–H groups in total. The first-order valence-electron chi connectivity index (χ1n) is 5.18. The first kappa shape index (κ1) is 11.3. The van der Waals surface area contributed by atoms with Gasteiger partial charge in [-0.25, -0.2) is 15.8 Å². The topological polar surface area (TPSA) is 92.9 Å². The number of hydrogen-bond donors (Lipinski definition) is 3. The fraction of sp³-hybridized carbons (Fsp3) is 0.556.